The summed E-state index contributed by atoms with van der Waals surface area (Å²) in [6, 6.07) is 5.68. The predicted molar refractivity (Wildman–Crippen MR) is 86.2 cm³/mol. The van der Waals surface area contributed by atoms with Gasteiger partial charge < -0.3 is 0 Å². The van der Waals surface area contributed by atoms with E-state index < -0.39 is 0 Å². The van der Waals surface area contributed by atoms with Gasteiger partial charge in [0.1, 0.15) is 10.8 Å². The maximum Gasteiger partial charge on any atom is 0.237 e. The average molecular weight is 314 g/mol. The Morgan fingerprint density at radius 1 is 1.09 bits per heavy atom. The molecule has 0 N–H and O–H groups in total. The zero-order valence-electron chi connectivity index (χ0n) is 12.7. The second-order valence-corrected chi connectivity index (χ2v) is 5.66. The third-order valence-corrected chi connectivity index (χ3v) is 3.69. The Balaban J connectivity index is 2.13. The standard InChI is InChI=1S/C16H16ClN5/c1-10(2)13-11(3)20-16(21-14(13)17)22-9-8-19-15(22)12-6-4-5-7-18-12/h4-10H,1-3H3. The van der Waals surface area contributed by atoms with Crippen LogP contribution in [0.3, 0.4) is 0 Å². The second kappa shape index (κ2) is 5.85. The molecule has 3 rings (SSSR count). The first-order chi connectivity index (χ1) is 10.6. The number of hydrogen-bond donors (Lipinski definition) is 0. The largest absolute Gasteiger partial charge is 0.266 e. The molecule has 0 saturated heterocycles. The molecule has 0 atom stereocenters. The van der Waals surface area contributed by atoms with E-state index in [0.717, 1.165) is 17.0 Å². The molecular weight excluding hydrogens is 298 g/mol. The fourth-order valence-electron chi connectivity index (χ4n) is 2.45. The molecule has 0 fully saturated rings. The summed E-state index contributed by atoms with van der Waals surface area (Å²) in [5.74, 6) is 1.47. The molecule has 112 valence electrons. The maximum absolute atomic E-state index is 6.34. The minimum absolute atomic E-state index is 0.277. The fourth-order valence-corrected chi connectivity index (χ4v) is 2.88. The van der Waals surface area contributed by atoms with Gasteiger partial charge in [0, 0.05) is 29.8 Å². The van der Waals surface area contributed by atoms with Crippen LogP contribution in [-0.4, -0.2) is 24.5 Å². The van der Waals surface area contributed by atoms with Crippen LogP contribution in [0.2, 0.25) is 5.15 Å². The highest BCUT2D eigenvalue weighted by Crippen LogP contribution is 2.26. The van der Waals surface area contributed by atoms with E-state index in [-0.39, 0.29) is 5.92 Å². The van der Waals surface area contributed by atoms with E-state index in [1.54, 1.807) is 17.0 Å². The van der Waals surface area contributed by atoms with E-state index >= 15 is 0 Å². The lowest BCUT2D eigenvalue weighted by Crippen LogP contribution is -2.08. The van der Waals surface area contributed by atoms with Crippen molar-refractivity contribution in [2.24, 2.45) is 0 Å². The highest BCUT2D eigenvalue weighted by atomic mass is 35.5. The number of pyridine rings is 1. The highest BCUT2D eigenvalue weighted by molar-refractivity contribution is 6.30. The summed E-state index contributed by atoms with van der Waals surface area (Å²) in [6.45, 7) is 6.10. The van der Waals surface area contributed by atoms with Gasteiger partial charge >= 0.3 is 0 Å². The van der Waals surface area contributed by atoms with E-state index in [1.165, 1.54) is 0 Å². The summed E-state index contributed by atoms with van der Waals surface area (Å²) in [4.78, 5) is 17.7. The van der Waals surface area contributed by atoms with Crippen LogP contribution in [0.4, 0.5) is 0 Å². The van der Waals surface area contributed by atoms with Crippen LogP contribution < -0.4 is 0 Å². The van der Waals surface area contributed by atoms with Crippen molar-refractivity contribution < 1.29 is 0 Å². The molecule has 0 aliphatic heterocycles. The topological polar surface area (TPSA) is 56.5 Å². The lowest BCUT2D eigenvalue weighted by Gasteiger charge is -2.13. The van der Waals surface area contributed by atoms with Crippen LogP contribution in [0.5, 0.6) is 0 Å². The first-order valence-corrected chi connectivity index (χ1v) is 7.45. The smallest absolute Gasteiger partial charge is 0.237 e. The molecule has 3 aromatic heterocycles. The molecule has 0 unspecified atom stereocenters. The Bertz CT molecular complexity index is 772. The minimum atomic E-state index is 0.277. The molecule has 5 nitrogen and oxygen atoms in total. The van der Waals surface area contributed by atoms with Crippen LogP contribution in [0.15, 0.2) is 36.8 Å². The molecule has 0 spiro atoms. The zero-order chi connectivity index (χ0) is 15.7. The van der Waals surface area contributed by atoms with Crippen molar-refractivity contribution >= 4 is 11.6 Å². The molecular formula is C16H16ClN5. The molecule has 0 bridgehead atoms. The quantitative estimate of drug-likeness (QED) is 0.690. The van der Waals surface area contributed by atoms with Gasteiger partial charge in [-0.25, -0.2) is 15.0 Å². The van der Waals surface area contributed by atoms with Crippen LogP contribution in [0.1, 0.15) is 31.0 Å². The Hall–Kier alpha value is -2.27. The molecule has 0 aliphatic carbocycles. The van der Waals surface area contributed by atoms with E-state index in [2.05, 4.69) is 33.8 Å². The summed E-state index contributed by atoms with van der Waals surface area (Å²) < 4.78 is 1.80. The SMILES string of the molecule is Cc1nc(-n2ccnc2-c2ccccn2)nc(Cl)c1C(C)C. The van der Waals surface area contributed by atoms with Crippen molar-refractivity contribution in [1.82, 2.24) is 24.5 Å². The van der Waals surface area contributed by atoms with Crippen molar-refractivity contribution in [3.63, 3.8) is 0 Å². The number of halogens is 1. The van der Waals surface area contributed by atoms with E-state index in [1.807, 2.05) is 31.3 Å². The van der Waals surface area contributed by atoms with Gasteiger partial charge in [0.15, 0.2) is 5.82 Å². The molecule has 0 saturated carbocycles. The fraction of sp³-hybridized carbons (Fsp3) is 0.250. The van der Waals surface area contributed by atoms with E-state index in [9.17, 15) is 0 Å². The van der Waals surface area contributed by atoms with Gasteiger partial charge in [-0.1, -0.05) is 31.5 Å². The van der Waals surface area contributed by atoms with Crippen molar-refractivity contribution in [2.75, 3.05) is 0 Å². The number of aryl methyl sites for hydroxylation is 1. The van der Waals surface area contributed by atoms with E-state index in [0.29, 0.717) is 16.9 Å². The van der Waals surface area contributed by atoms with Crippen molar-refractivity contribution in [3.05, 3.63) is 53.2 Å². The van der Waals surface area contributed by atoms with Gasteiger partial charge in [0.25, 0.3) is 0 Å². The highest BCUT2D eigenvalue weighted by Gasteiger charge is 2.16. The van der Waals surface area contributed by atoms with Crippen molar-refractivity contribution in [3.8, 4) is 17.5 Å². The number of rotatable bonds is 3. The minimum Gasteiger partial charge on any atom is -0.266 e. The van der Waals surface area contributed by atoms with Crippen LogP contribution in [0.25, 0.3) is 17.5 Å². The third kappa shape index (κ3) is 2.60. The number of nitrogens with zero attached hydrogens (tertiary/aromatic N) is 5. The Kier molecular flexibility index (Phi) is 3.90. The van der Waals surface area contributed by atoms with Crippen LogP contribution in [-0.2, 0) is 0 Å². The average Bonchev–Trinajstić information content (AvgIpc) is 2.96. The summed E-state index contributed by atoms with van der Waals surface area (Å²) >= 11 is 6.34. The first kappa shape index (κ1) is 14.7. The molecule has 3 heterocycles. The molecule has 0 aliphatic rings. The summed E-state index contributed by atoms with van der Waals surface area (Å²) in [5, 5.41) is 0.484. The Morgan fingerprint density at radius 2 is 1.91 bits per heavy atom. The lowest BCUT2D eigenvalue weighted by atomic mass is 10.0. The molecule has 6 heteroatoms. The Morgan fingerprint density at radius 3 is 2.55 bits per heavy atom. The van der Waals surface area contributed by atoms with Gasteiger partial charge in [-0.3, -0.25) is 9.55 Å². The normalized spacial score (nSPS) is 11.1. The maximum atomic E-state index is 6.34. The predicted octanol–water partition coefficient (Wildman–Crippen LogP) is 3.81. The molecule has 0 amide bonds. The van der Waals surface area contributed by atoms with Gasteiger partial charge in [0.2, 0.25) is 5.95 Å². The molecule has 0 aromatic carbocycles. The zero-order valence-corrected chi connectivity index (χ0v) is 13.4. The summed E-state index contributed by atoms with van der Waals surface area (Å²) in [7, 11) is 0. The Labute approximate surface area is 134 Å². The monoisotopic (exact) mass is 313 g/mol. The molecule has 0 radical (unpaired) electrons. The van der Waals surface area contributed by atoms with Gasteiger partial charge in [-0.15, -0.1) is 0 Å². The number of hydrogen-bond acceptors (Lipinski definition) is 4. The van der Waals surface area contributed by atoms with Crippen molar-refractivity contribution in [1.29, 1.82) is 0 Å². The van der Waals surface area contributed by atoms with Crippen LogP contribution >= 0.6 is 11.6 Å². The van der Waals surface area contributed by atoms with Crippen molar-refractivity contribution in [2.45, 2.75) is 26.7 Å². The van der Waals surface area contributed by atoms with Crippen LogP contribution in [0, 0.1) is 6.92 Å². The van der Waals surface area contributed by atoms with Gasteiger partial charge in [0.05, 0.1) is 0 Å². The summed E-state index contributed by atoms with van der Waals surface area (Å²) in [5.41, 5.74) is 2.62. The molecule has 22 heavy (non-hydrogen) atoms. The number of aromatic nitrogens is 5. The number of imidazole rings is 1. The first-order valence-electron chi connectivity index (χ1n) is 7.07. The third-order valence-electron chi connectivity index (χ3n) is 3.41. The van der Waals surface area contributed by atoms with E-state index in [4.69, 9.17) is 11.6 Å². The summed E-state index contributed by atoms with van der Waals surface area (Å²) in [6.07, 6.45) is 5.24. The second-order valence-electron chi connectivity index (χ2n) is 5.30. The van der Waals surface area contributed by atoms with Gasteiger partial charge in [-0.2, -0.15) is 0 Å². The molecule has 3 aromatic rings. The van der Waals surface area contributed by atoms with Gasteiger partial charge in [-0.05, 0) is 25.0 Å². The lowest BCUT2D eigenvalue weighted by molar-refractivity contribution is 0.811.